The van der Waals surface area contributed by atoms with Crippen LogP contribution in [-0.4, -0.2) is 29.8 Å². The Kier molecular flexibility index (Phi) is 6.76. The number of carboxylic acids is 1. The predicted octanol–water partition coefficient (Wildman–Crippen LogP) is 4.34. The van der Waals surface area contributed by atoms with Gasteiger partial charge in [-0.25, -0.2) is 10.2 Å². The van der Waals surface area contributed by atoms with Crippen molar-refractivity contribution >= 4 is 34.0 Å². The predicted molar refractivity (Wildman–Crippen MR) is 114 cm³/mol. The second-order valence-electron chi connectivity index (χ2n) is 6.02. The topological polar surface area (TPSA) is 88.0 Å². The van der Waals surface area contributed by atoms with Gasteiger partial charge in [0.25, 0.3) is 5.91 Å². The van der Waals surface area contributed by atoms with Crippen molar-refractivity contribution in [3.8, 4) is 16.9 Å². The lowest BCUT2D eigenvalue weighted by Crippen LogP contribution is -2.24. The summed E-state index contributed by atoms with van der Waals surface area (Å²) in [5.74, 6) is -0.864. The van der Waals surface area contributed by atoms with Crippen LogP contribution < -0.4 is 10.2 Å². The zero-order valence-corrected chi connectivity index (χ0v) is 16.8. The second-order valence-corrected chi connectivity index (χ2v) is 6.87. The number of hydrogen-bond acceptors (Lipinski definition) is 4. The van der Waals surface area contributed by atoms with E-state index in [1.165, 1.54) is 18.3 Å². The Bertz CT molecular complexity index is 1030. The number of ether oxygens (including phenoxy) is 1. The molecule has 0 atom stereocenters. The van der Waals surface area contributed by atoms with Crippen molar-refractivity contribution in [2.45, 2.75) is 0 Å². The summed E-state index contributed by atoms with van der Waals surface area (Å²) in [4.78, 5) is 22.7. The number of carbonyl (C=O) groups is 2. The molecular formula is C22H17BrN2O4. The first-order valence-electron chi connectivity index (χ1n) is 8.66. The molecule has 3 rings (SSSR count). The maximum absolute atomic E-state index is 11.9. The molecule has 2 N–H and O–H groups in total. The smallest absolute Gasteiger partial charge is 0.335 e. The zero-order chi connectivity index (χ0) is 20.6. The number of nitrogens with one attached hydrogen (secondary N) is 1. The average Bonchev–Trinajstić information content (AvgIpc) is 2.74. The van der Waals surface area contributed by atoms with Crippen molar-refractivity contribution < 1.29 is 19.4 Å². The summed E-state index contributed by atoms with van der Waals surface area (Å²) in [6.45, 7) is -0.196. The quantitative estimate of drug-likeness (QED) is 0.412. The normalized spacial score (nSPS) is 10.7. The molecule has 0 unspecified atom stereocenters. The Morgan fingerprint density at radius 1 is 1.00 bits per heavy atom. The molecule has 0 radical (unpaired) electrons. The molecule has 0 saturated heterocycles. The van der Waals surface area contributed by atoms with Gasteiger partial charge in [-0.1, -0.05) is 48.5 Å². The van der Waals surface area contributed by atoms with E-state index in [0.717, 1.165) is 15.6 Å². The van der Waals surface area contributed by atoms with Crippen LogP contribution in [0.25, 0.3) is 11.1 Å². The molecule has 7 heteroatoms. The van der Waals surface area contributed by atoms with Crippen LogP contribution in [-0.2, 0) is 4.79 Å². The highest BCUT2D eigenvalue weighted by Gasteiger charge is 2.07. The third-order valence-corrected chi connectivity index (χ3v) is 4.58. The number of carboxylic acid groups (broad SMARTS) is 1. The fourth-order valence-corrected chi connectivity index (χ4v) is 2.99. The number of carbonyl (C=O) groups excluding carboxylic acids is 1. The van der Waals surface area contributed by atoms with Gasteiger partial charge in [0, 0.05) is 0 Å². The molecule has 0 aliphatic heterocycles. The van der Waals surface area contributed by atoms with Crippen LogP contribution in [0.4, 0.5) is 0 Å². The van der Waals surface area contributed by atoms with Gasteiger partial charge < -0.3 is 9.84 Å². The first kappa shape index (κ1) is 20.3. The molecule has 0 fully saturated rings. The summed E-state index contributed by atoms with van der Waals surface area (Å²) < 4.78 is 6.28. The molecule has 0 saturated carbocycles. The summed E-state index contributed by atoms with van der Waals surface area (Å²) in [6, 6.07) is 21.7. The Labute approximate surface area is 176 Å². The monoisotopic (exact) mass is 452 g/mol. The van der Waals surface area contributed by atoms with E-state index in [0.29, 0.717) is 11.3 Å². The number of halogens is 1. The molecule has 0 spiro atoms. The SMILES string of the molecule is O=C(COc1ccc(-c2ccccc2)cc1Br)N/N=C/c1ccc(C(=O)O)cc1. The van der Waals surface area contributed by atoms with Crippen LogP contribution in [0.5, 0.6) is 5.75 Å². The first-order valence-corrected chi connectivity index (χ1v) is 9.45. The minimum Gasteiger partial charge on any atom is -0.483 e. The minimum atomic E-state index is -0.998. The van der Waals surface area contributed by atoms with E-state index in [1.807, 2.05) is 42.5 Å². The number of benzene rings is 3. The lowest BCUT2D eigenvalue weighted by Gasteiger charge is -2.09. The molecule has 0 aliphatic carbocycles. The van der Waals surface area contributed by atoms with Crippen molar-refractivity contribution in [2.24, 2.45) is 5.10 Å². The second kappa shape index (κ2) is 9.66. The fraction of sp³-hybridized carbons (Fsp3) is 0.0455. The van der Waals surface area contributed by atoms with Crippen molar-refractivity contribution in [3.05, 3.63) is 88.4 Å². The highest BCUT2D eigenvalue weighted by Crippen LogP contribution is 2.30. The van der Waals surface area contributed by atoms with E-state index < -0.39 is 11.9 Å². The molecular weight excluding hydrogens is 436 g/mol. The molecule has 1 amide bonds. The molecule has 3 aromatic carbocycles. The molecule has 0 aliphatic rings. The fourth-order valence-electron chi connectivity index (χ4n) is 2.49. The summed E-state index contributed by atoms with van der Waals surface area (Å²) in [5, 5.41) is 12.7. The van der Waals surface area contributed by atoms with Crippen LogP contribution in [0.2, 0.25) is 0 Å². The maximum Gasteiger partial charge on any atom is 0.335 e. The standard InChI is InChI=1S/C22H17BrN2O4/c23-19-12-18(16-4-2-1-3-5-16)10-11-20(19)29-14-21(26)25-24-13-15-6-8-17(9-7-15)22(27)28/h1-13H,14H2,(H,25,26)(H,27,28)/b24-13+. The summed E-state index contributed by atoms with van der Waals surface area (Å²) >= 11 is 3.47. The van der Waals surface area contributed by atoms with Gasteiger partial charge in [0.15, 0.2) is 6.61 Å². The molecule has 146 valence electrons. The Morgan fingerprint density at radius 3 is 2.38 bits per heavy atom. The first-order chi connectivity index (χ1) is 14.0. The maximum atomic E-state index is 11.9. The third-order valence-electron chi connectivity index (χ3n) is 3.96. The molecule has 0 aromatic heterocycles. The average molecular weight is 453 g/mol. The van der Waals surface area contributed by atoms with Gasteiger partial charge in [-0.3, -0.25) is 4.79 Å². The summed E-state index contributed by atoms with van der Waals surface area (Å²) in [7, 11) is 0. The van der Waals surface area contributed by atoms with Crippen molar-refractivity contribution in [3.63, 3.8) is 0 Å². The molecule has 29 heavy (non-hydrogen) atoms. The number of aromatic carboxylic acids is 1. The molecule has 0 bridgehead atoms. The van der Waals surface area contributed by atoms with E-state index in [4.69, 9.17) is 9.84 Å². The summed E-state index contributed by atoms with van der Waals surface area (Å²) in [6.07, 6.45) is 1.42. The van der Waals surface area contributed by atoms with Crippen LogP contribution in [0.1, 0.15) is 15.9 Å². The Hall–Kier alpha value is -3.45. The van der Waals surface area contributed by atoms with Gasteiger partial charge in [0.2, 0.25) is 0 Å². The van der Waals surface area contributed by atoms with E-state index in [2.05, 4.69) is 26.5 Å². The lowest BCUT2D eigenvalue weighted by molar-refractivity contribution is -0.123. The number of hydrazone groups is 1. The number of rotatable bonds is 7. The molecule has 0 heterocycles. The van der Waals surface area contributed by atoms with Gasteiger partial charge >= 0.3 is 5.97 Å². The number of amides is 1. The van der Waals surface area contributed by atoms with Crippen LogP contribution in [0.3, 0.4) is 0 Å². The lowest BCUT2D eigenvalue weighted by atomic mass is 10.1. The van der Waals surface area contributed by atoms with Gasteiger partial charge in [-0.15, -0.1) is 0 Å². The van der Waals surface area contributed by atoms with Crippen LogP contribution in [0, 0.1) is 0 Å². The Balaban J connectivity index is 1.52. The van der Waals surface area contributed by atoms with Crippen LogP contribution in [0.15, 0.2) is 82.4 Å². The molecule has 6 nitrogen and oxygen atoms in total. The van der Waals surface area contributed by atoms with Crippen molar-refractivity contribution in [1.82, 2.24) is 5.43 Å². The van der Waals surface area contributed by atoms with E-state index in [-0.39, 0.29) is 12.2 Å². The van der Waals surface area contributed by atoms with Gasteiger partial charge in [-0.05, 0) is 56.9 Å². The summed E-state index contributed by atoms with van der Waals surface area (Å²) in [5.41, 5.74) is 5.34. The van der Waals surface area contributed by atoms with Crippen molar-refractivity contribution in [2.75, 3.05) is 6.61 Å². The highest BCUT2D eigenvalue weighted by atomic mass is 79.9. The van der Waals surface area contributed by atoms with E-state index >= 15 is 0 Å². The van der Waals surface area contributed by atoms with Gasteiger partial charge in [-0.2, -0.15) is 5.10 Å². The van der Waals surface area contributed by atoms with Crippen molar-refractivity contribution in [1.29, 1.82) is 0 Å². The van der Waals surface area contributed by atoms with E-state index in [1.54, 1.807) is 18.2 Å². The largest absolute Gasteiger partial charge is 0.483 e. The third kappa shape index (κ3) is 5.76. The van der Waals surface area contributed by atoms with E-state index in [9.17, 15) is 9.59 Å². The zero-order valence-electron chi connectivity index (χ0n) is 15.2. The Morgan fingerprint density at radius 2 is 1.72 bits per heavy atom. The number of nitrogens with zero attached hydrogens (tertiary/aromatic N) is 1. The molecule has 3 aromatic rings. The van der Waals surface area contributed by atoms with Gasteiger partial charge in [0.1, 0.15) is 5.75 Å². The minimum absolute atomic E-state index is 0.184. The van der Waals surface area contributed by atoms with Gasteiger partial charge in [0.05, 0.1) is 16.3 Å². The highest BCUT2D eigenvalue weighted by molar-refractivity contribution is 9.10. The van der Waals surface area contributed by atoms with Crippen LogP contribution >= 0.6 is 15.9 Å². The number of hydrogen-bond donors (Lipinski definition) is 2.